The number of amides is 3. The molecule has 0 aliphatic carbocycles. The first-order valence-electron chi connectivity index (χ1n) is 10.9. The number of carbonyl (C=O) groups excluding carboxylic acids is 2. The highest BCUT2D eigenvalue weighted by Crippen LogP contribution is 2.34. The minimum Gasteiger partial charge on any atom is -0.491 e. The average molecular weight is 444 g/mol. The van der Waals surface area contributed by atoms with Gasteiger partial charge in [-0.1, -0.05) is 32.0 Å². The van der Waals surface area contributed by atoms with Gasteiger partial charge in [0.2, 0.25) is 5.91 Å². The predicted octanol–water partition coefficient (Wildman–Crippen LogP) is 4.33. The Balaban J connectivity index is 1.75. The van der Waals surface area contributed by atoms with Gasteiger partial charge >= 0.3 is 6.03 Å². The van der Waals surface area contributed by atoms with Gasteiger partial charge in [0.1, 0.15) is 18.9 Å². The molecule has 3 rings (SSSR count). The molecule has 3 amide bonds. The summed E-state index contributed by atoms with van der Waals surface area (Å²) in [6.45, 7) is 9.58. The summed E-state index contributed by atoms with van der Waals surface area (Å²) < 4.78 is 6.04. The molecular formula is C24H33N3O3S. The zero-order valence-electron chi connectivity index (χ0n) is 18.8. The minimum absolute atomic E-state index is 0.0210. The van der Waals surface area contributed by atoms with Crippen LogP contribution in [0.3, 0.4) is 0 Å². The number of carbonyl (C=O) groups is 2. The Bertz CT molecular complexity index is 866. The molecule has 1 atom stereocenters. The first kappa shape index (κ1) is 23.1. The van der Waals surface area contributed by atoms with Crippen LogP contribution in [0.25, 0.3) is 0 Å². The van der Waals surface area contributed by atoms with E-state index in [1.54, 1.807) is 16.2 Å². The van der Waals surface area contributed by atoms with Crippen LogP contribution in [0.5, 0.6) is 5.75 Å². The third-order valence-electron chi connectivity index (χ3n) is 5.18. The average Bonchev–Trinajstić information content (AvgIpc) is 3.20. The maximum atomic E-state index is 13.4. The lowest BCUT2D eigenvalue weighted by atomic mass is 10.0. The van der Waals surface area contributed by atoms with Crippen molar-refractivity contribution in [1.29, 1.82) is 0 Å². The number of para-hydroxylation sites is 1. The molecule has 0 spiro atoms. The Hall–Kier alpha value is -2.54. The fourth-order valence-electron chi connectivity index (χ4n) is 3.82. The van der Waals surface area contributed by atoms with Crippen LogP contribution in [0.1, 0.15) is 44.2 Å². The largest absolute Gasteiger partial charge is 0.491 e. The highest BCUT2D eigenvalue weighted by molar-refractivity contribution is 7.10. The predicted molar refractivity (Wildman–Crippen MR) is 124 cm³/mol. The molecule has 7 heteroatoms. The summed E-state index contributed by atoms with van der Waals surface area (Å²) in [6, 6.07) is 11.4. The van der Waals surface area contributed by atoms with Crippen LogP contribution in [0.4, 0.5) is 4.79 Å². The Morgan fingerprint density at radius 3 is 2.61 bits per heavy atom. The highest BCUT2D eigenvalue weighted by Gasteiger charge is 2.33. The Kier molecular flexibility index (Phi) is 7.96. The number of ether oxygens (including phenoxy) is 1. The summed E-state index contributed by atoms with van der Waals surface area (Å²) in [5.41, 5.74) is 1.16. The van der Waals surface area contributed by atoms with Gasteiger partial charge in [0.05, 0.1) is 6.04 Å². The van der Waals surface area contributed by atoms with Crippen molar-refractivity contribution in [2.24, 2.45) is 5.92 Å². The number of benzene rings is 1. The molecule has 0 radical (unpaired) electrons. The summed E-state index contributed by atoms with van der Waals surface area (Å²) in [5, 5.41) is 5.00. The molecule has 6 nitrogen and oxygen atoms in total. The van der Waals surface area contributed by atoms with Gasteiger partial charge in [0.25, 0.3) is 0 Å². The third kappa shape index (κ3) is 6.23. The molecule has 0 unspecified atom stereocenters. The molecule has 168 valence electrons. The van der Waals surface area contributed by atoms with Crippen molar-refractivity contribution in [3.8, 4) is 5.75 Å². The molecule has 2 heterocycles. The summed E-state index contributed by atoms with van der Waals surface area (Å²) in [5.74, 6) is 1.01. The molecule has 1 aliphatic rings. The molecule has 0 fully saturated rings. The van der Waals surface area contributed by atoms with E-state index in [2.05, 4.69) is 30.6 Å². The van der Waals surface area contributed by atoms with Crippen molar-refractivity contribution in [2.75, 3.05) is 26.2 Å². The van der Waals surface area contributed by atoms with Gasteiger partial charge in [0.15, 0.2) is 0 Å². The number of urea groups is 1. The van der Waals surface area contributed by atoms with E-state index >= 15 is 0 Å². The fraction of sp³-hybridized carbons (Fsp3) is 0.500. The number of hydrogen-bond donors (Lipinski definition) is 1. The van der Waals surface area contributed by atoms with Gasteiger partial charge in [-0.05, 0) is 55.3 Å². The summed E-state index contributed by atoms with van der Waals surface area (Å²) >= 11 is 1.73. The van der Waals surface area contributed by atoms with Crippen LogP contribution in [0, 0.1) is 5.92 Å². The molecule has 1 aromatic carbocycles. The lowest BCUT2D eigenvalue weighted by Crippen LogP contribution is -2.51. The zero-order chi connectivity index (χ0) is 22.4. The van der Waals surface area contributed by atoms with Crippen molar-refractivity contribution in [1.82, 2.24) is 15.1 Å². The number of hydrogen-bond acceptors (Lipinski definition) is 4. The molecule has 1 N–H and O–H groups in total. The second-order valence-corrected chi connectivity index (χ2v) is 9.66. The van der Waals surface area contributed by atoms with Gasteiger partial charge in [-0.15, -0.1) is 11.3 Å². The number of fused-ring (bicyclic) bond motifs is 1. The van der Waals surface area contributed by atoms with Crippen molar-refractivity contribution >= 4 is 23.3 Å². The van der Waals surface area contributed by atoms with Crippen molar-refractivity contribution in [3.05, 3.63) is 52.2 Å². The molecule has 0 saturated carbocycles. The van der Waals surface area contributed by atoms with Gasteiger partial charge in [0, 0.05) is 24.0 Å². The number of thiophene rings is 1. The topological polar surface area (TPSA) is 61.9 Å². The summed E-state index contributed by atoms with van der Waals surface area (Å²) in [4.78, 5) is 30.9. The van der Waals surface area contributed by atoms with E-state index in [0.717, 1.165) is 17.7 Å². The van der Waals surface area contributed by atoms with Crippen LogP contribution in [0.2, 0.25) is 0 Å². The number of rotatable bonds is 8. The van der Waals surface area contributed by atoms with E-state index in [9.17, 15) is 9.59 Å². The molecule has 0 saturated heterocycles. The monoisotopic (exact) mass is 443 g/mol. The standard InChI is InChI=1S/C24H33N3O3S/c1-17(2)14-26(24(29)25-18(3)4)15-23(28)27-12-10-22-20(11-13-31-22)21(27)16-30-19-8-6-5-7-9-19/h5-9,11,13,17-18,21H,10,12,14-16H2,1-4H3,(H,25,29)/t21-/m1/s1. The van der Waals surface area contributed by atoms with Crippen molar-refractivity contribution in [3.63, 3.8) is 0 Å². The van der Waals surface area contributed by atoms with E-state index in [1.165, 1.54) is 4.88 Å². The fourth-order valence-corrected chi connectivity index (χ4v) is 4.75. The SMILES string of the molecule is CC(C)CN(CC(=O)N1CCc2sccc2[C@H]1COc1ccccc1)C(=O)NC(C)C. The summed E-state index contributed by atoms with van der Waals surface area (Å²) in [7, 11) is 0. The maximum Gasteiger partial charge on any atom is 0.318 e. The van der Waals surface area contributed by atoms with E-state index in [4.69, 9.17) is 4.74 Å². The first-order valence-corrected chi connectivity index (χ1v) is 11.8. The molecule has 1 aromatic heterocycles. The first-order chi connectivity index (χ1) is 14.8. The molecular weight excluding hydrogens is 410 g/mol. The van der Waals surface area contributed by atoms with Crippen LogP contribution >= 0.6 is 11.3 Å². The van der Waals surface area contributed by atoms with Crippen LogP contribution in [0.15, 0.2) is 41.8 Å². The van der Waals surface area contributed by atoms with E-state index < -0.39 is 0 Å². The minimum atomic E-state index is -0.192. The van der Waals surface area contributed by atoms with Crippen LogP contribution in [-0.4, -0.2) is 54.0 Å². The Morgan fingerprint density at radius 2 is 1.94 bits per heavy atom. The summed E-state index contributed by atoms with van der Waals surface area (Å²) in [6.07, 6.45) is 0.836. The van der Waals surface area contributed by atoms with Gasteiger partial charge < -0.3 is 19.9 Å². The third-order valence-corrected chi connectivity index (χ3v) is 6.17. The highest BCUT2D eigenvalue weighted by atomic mass is 32.1. The van der Waals surface area contributed by atoms with Crippen LogP contribution in [-0.2, 0) is 11.2 Å². The second-order valence-electron chi connectivity index (χ2n) is 8.65. The maximum absolute atomic E-state index is 13.4. The smallest absolute Gasteiger partial charge is 0.318 e. The van der Waals surface area contributed by atoms with Crippen molar-refractivity contribution in [2.45, 2.75) is 46.2 Å². The number of nitrogens with zero attached hydrogens (tertiary/aromatic N) is 2. The normalized spacial score (nSPS) is 15.7. The van der Waals surface area contributed by atoms with Crippen LogP contribution < -0.4 is 10.1 Å². The van der Waals surface area contributed by atoms with E-state index in [-0.39, 0.29) is 36.5 Å². The molecule has 0 bridgehead atoms. The van der Waals surface area contributed by atoms with Crippen molar-refractivity contribution < 1.29 is 14.3 Å². The quantitative estimate of drug-likeness (QED) is 0.661. The van der Waals surface area contributed by atoms with E-state index in [1.807, 2.05) is 49.1 Å². The number of nitrogens with one attached hydrogen (secondary N) is 1. The Labute approximate surface area is 189 Å². The van der Waals surface area contributed by atoms with E-state index in [0.29, 0.717) is 19.7 Å². The van der Waals surface area contributed by atoms with Gasteiger partial charge in [-0.3, -0.25) is 4.79 Å². The lowest BCUT2D eigenvalue weighted by molar-refractivity contribution is -0.135. The lowest BCUT2D eigenvalue weighted by Gasteiger charge is -2.37. The van der Waals surface area contributed by atoms with Gasteiger partial charge in [-0.25, -0.2) is 4.79 Å². The Morgan fingerprint density at radius 1 is 1.19 bits per heavy atom. The van der Waals surface area contributed by atoms with Gasteiger partial charge in [-0.2, -0.15) is 0 Å². The zero-order valence-corrected chi connectivity index (χ0v) is 19.7. The molecule has 31 heavy (non-hydrogen) atoms. The molecule has 2 aromatic rings. The molecule has 1 aliphatic heterocycles. The second kappa shape index (κ2) is 10.7.